The van der Waals surface area contributed by atoms with Crippen molar-refractivity contribution in [2.75, 3.05) is 18.0 Å². The van der Waals surface area contributed by atoms with Gasteiger partial charge in [-0.05, 0) is 44.0 Å². The fourth-order valence-electron chi connectivity index (χ4n) is 3.32. The number of hydroxylamine groups is 1. The first-order valence-electron chi connectivity index (χ1n) is 10.2. The van der Waals surface area contributed by atoms with Crippen LogP contribution in [0.25, 0.3) is 0 Å². The number of anilines is 1. The lowest BCUT2D eigenvalue weighted by atomic mass is 9.98. The Morgan fingerprint density at radius 3 is 2.16 bits per heavy atom. The van der Waals surface area contributed by atoms with Crippen LogP contribution in [0, 0.1) is 0 Å². The van der Waals surface area contributed by atoms with Gasteiger partial charge in [-0.15, -0.1) is 0 Å². The van der Waals surface area contributed by atoms with E-state index < -0.39 is 18.2 Å². The Morgan fingerprint density at radius 1 is 1.00 bits per heavy atom. The first-order chi connectivity index (χ1) is 14.8. The Morgan fingerprint density at radius 2 is 1.61 bits per heavy atom. The minimum atomic E-state index is -0.843. The molecule has 0 spiro atoms. The van der Waals surface area contributed by atoms with Gasteiger partial charge in [-0.1, -0.05) is 36.4 Å². The van der Waals surface area contributed by atoms with Crippen molar-refractivity contribution in [3.05, 3.63) is 59.7 Å². The smallest absolute Gasteiger partial charge is 0.252 e. The molecule has 1 atom stereocenters. The van der Waals surface area contributed by atoms with Crippen LogP contribution in [0.15, 0.2) is 48.5 Å². The number of nitrogens with zero attached hydrogens (tertiary/aromatic N) is 2. The molecular formula is C23H29N3O5. The zero-order valence-electron chi connectivity index (χ0n) is 18.0. The van der Waals surface area contributed by atoms with Crippen molar-refractivity contribution >= 4 is 23.4 Å². The molecule has 3 N–H and O–H groups in total. The summed E-state index contributed by atoms with van der Waals surface area (Å²) in [6.45, 7) is 7.15. The third kappa shape index (κ3) is 6.05. The summed E-state index contributed by atoms with van der Waals surface area (Å²) in [5, 5.41) is 18.9. The predicted octanol–water partition coefficient (Wildman–Crippen LogP) is 2.79. The van der Waals surface area contributed by atoms with Crippen LogP contribution in [0.4, 0.5) is 5.69 Å². The number of carbonyl (C=O) groups is 3. The molecular weight excluding hydrogens is 398 g/mol. The quantitative estimate of drug-likeness (QED) is 0.324. The van der Waals surface area contributed by atoms with Gasteiger partial charge in [-0.3, -0.25) is 19.6 Å². The van der Waals surface area contributed by atoms with Crippen molar-refractivity contribution in [1.82, 2.24) is 10.4 Å². The van der Waals surface area contributed by atoms with Crippen LogP contribution in [0.1, 0.15) is 44.2 Å². The number of para-hydroxylation sites is 2. The van der Waals surface area contributed by atoms with Crippen LogP contribution in [-0.2, 0) is 20.9 Å². The Labute approximate surface area is 182 Å². The third-order valence-electron chi connectivity index (χ3n) is 5.18. The zero-order valence-corrected chi connectivity index (χ0v) is 18.0. The fraction of sp³-hybridized carbons (Fsp3) is 0.348. The maximum atomic E-state index is 12.7. The Kier molecular flexibility index (Phi) is 8.57. The molecule has 0 aliphatic heterocycles. The first-order valence-corrected chi connectivity index (χ1v) is 10.2. The molecule has 1 unspecified atom stereocenters. The molecule has 0 fully saturated rings. The van der Waals surface area contributed by atoms with Gasteiger partial charge in [-0.25, -0.2) is 5.48 Å². The number of phenolic OH excluding ortho intramolecular Hbond substituents is 1. The molecule has 0 radical (unpaired) electrons. The molecule has 2 aromatic carbocycles. The summed E-state index contributed by atoms with van der Waals surface area (Å²) in [7, 11) is 0. The lowest BCUT2D eigenvalue weighted by Crippen LogP contribution is -2.35. The highest BCUT2D eigenvalue weighted by atomic mass is 16.5. The van der Waals surface area contributed by atoms with E-state index in [9.17, 15) is 19.5 Å². The zero-order chi connectivity index (χ0) is 23.0. The molecule has 31 heavy (non-hydrogen) atoms. The number of carbonyl (C=O) groups excluding carboxylic acids is 3. The molecule has 0 saturated carbocycles. The molecule has 3 amide bonds. The minimum absolute atomic E-state index is 0.0544. The van der Waals surface area contributed by atoms with E-state index >= 15 is 0 Å². The van der Waals surface area contributed by atoms with Gasteiger partial charge >= 0.3 is 0 Å². The SMILES string of the molecule is CCN(CC)C(=O)C(C)c1ccc(CN(C(=O)CC(=O)NO)c2ccccc2O)cc1. The van der Waals surface area contributed by atoms with Crippen LogP contribution in [0.3, 0.4) is 0 Å². The van der Waals surface area contributed by atoms with Crippen LogP contribution >= 0.6 is 0 Å². The van der Waals surface area contributed by atoms with E-state index in [1.165, 1.54) is 16.4 Å². The van der Waals surface area contributed by atoms with Crippen LogP contribution in [0.5, 0.6) is 5.75 Å². The average Bonchev–Trinajstić information content (AvgIpc) is 2.78. The van der Waals surface area contributed by atoms with Crippen LogP contribution in [0.2, 0.25) is 0 Å². The topological polar surface area (TPSA) is 110 Å². The number of hydrogen-bond acceptors (Lipinski definition) is 5. The van der Waals surface area contributed by atoms with E-state index in [-0.39, 0.29) is 29.8 Å². The molecule has 0 saturated heterocycles. The second-order valence-electron chi connectivity index (χ2n) is 7.15. The van der Waals surface area contributed by atoms with Crippen molar-refractivity contribution in [3.63, 3.8) is 0 Å². The number of benzene rings is 2. The summed E-state index contributed by atoms with van der Waals surface area (Å²) < 4.78 is 0. The lowest BCUT2D eigenvalue weighted by Gasteiger charge is -2.25. The number of phenols is 1. The predicted molar refractivity (Wildman–Crippen MR) is 117 cm³/mol. The number of likely N-dealkylation sites (N-methyl/N-ethyl adjacent to an activating group) is 1. The average molecular weight is 428 g/mol. The first kappa shape index (κ1) is 23.9. The van der Waals surface area contributed by atoms with Gasteiger partial charge in [0.05, 0.1) is 18.2 Å². The standard InChI is InChI=1S/C23H29N3O5/c1-4-25(5-2)23(30)16(3)18-12-10-17(11-13-18)15-26(22(29)14-21(28)24-31)19-8-6-7-9-20(19)27/h6-13,16,27,31H,4-5,14-15H2,1-3H3,(H,24,28). The van der Waals surface area contributed by atoms with E-state index in [4.69, 9.17) is 5.21 Å². The molecule has 0 heterocycles. The molecule has 166 valence electrons. The van der Waals surface area contributed by atoms with Crippen molar-refractivity contribution in [3.8, 4) is 5.75 Å². The van der Waals surface area contributed by atoms with Gasteiger partial charge in [0.1, 0.15) is 12.2 Å². The number of nitrogens with one attached hydrogen (secondary N) is 1. The third-order valence-corrected chi connectivity index (χ3v) is 5.18. The number of amides is 3. The molecule has 0 aliphatic carbocycles. The van der Waals surface area contributed by atoms with Gasteiger partial charge in [-0.2, -0.15) is 0 Å². The van der Waals surface area contributed by atoms with E-state index in [1.807, 2.05) is 45.0 Å². The molecule has 0 bridgehead atoms. The second-order valence-corrected chi connectivity index (χ2v) is 7.15. The Balaban J connectivity index is 2.25. The van der Waals surface area contributed by atoms with Gasteiger partial charge in [0.25, 0.3) is 5.91 Å². The van der Waals surface area contributed by atoms with E-state index in [2.05, 4.69) is 0 Å². The van der Waals surface area contributed by atoms with Gasteiger partial charge in [0.2, 0.25) is 11.8 Å². The molecule has 0 aromatic heterocycles. The summed E-state index contributed by atoms with van der Waals surface area (Å²) in [5.74, 6) is -1.76. The number of hydrogen-bond donors (Lipinski definition) is 3. The molecule has 2 aromatic rings. The summed E-state index contributed by atoms with van der Waals surface area (Å²) >= 11 is 0. The Bertz CT molecular complexity index is 910. The number of rotatable bonds is 9. The summed E-state index contributed by atoms with van der Waals surface area (Å²) in [6.07, 6.45) is -0.571. The maximum Gasteiger partial charge on any atom is 0.252 e. The van der Waals surface area contributed by atoms with Crippen molar-refractivity contribution in [2.45, 2.75) is 39.7 Å². The van der Waals surface area contributed by atoms with Crippen molar-refractivity contribution in [1.29, 1.82) is 0 Å². The Hall–Kier alpha value is -3.39. The van der Waals surface area contributed by atoms with Crippen molar-refractivity contribution < 1.29 is 24.7 Å². The van der Waals surface area contributed by atoms with Crippen molar-refractivity contribution in [2.24, 2.45) is 0 Å². The lowest BCUT2D eigenvalue weighted by molar-refractivity contribution is -0.134. The summed E-state index contributed by atoms with van der Waals surface area (Å²) in [4.78, 5) is 39.8. The van der Waals surface area contributed by atoms with Gasteiger partial charge in [0.15, 0.2) is 0 Å². The summed E-state index contributed by atoms with van der Waals surface area (Å²) in [5.41, 5.74) is 3.32. The molecule has 2 rings (SSSR count). The molecule has 8 heteroatoms. The summed E-state index contributed by atoms with van der Waals surface area (Å²) in [6, 6.07) is 13.6. The highest BCUT2D eigenvalue weighted by molar-refractivity contribution is 6.05. The monoisotopic (exact) mass is 427 g/mol. The molecule has 0 aliphatic rings. The van der Waals surface area contributed by atoms with Gasteiger partial charge in [0, 0.05) is 13.1 Å². The number of aromatic hydroxyl groups is 1. The largest absolute Gasteiger partial charge is 0.506 e. The van der Waals surface area contributed by atoms with Crippen LogP contribution < -0.4 is 10.4 Å². The highest BCUT2D eigenvalue weighted by Gasteiger charge is 2.23. The fourth-order valence-corrected chi connectivity index (χ4v) is 3.32. The maximum absolute atomic E-state index is 12.7. The second kappa shape index (κ2) is 11.1. The van der Waals surface area contributed by atoms with E-state index in [0.29, 0.717) is 13.1 Å². The minimum Gasteiger partial charge on any atom is -0.506 e. The normalized spacial score (nSPS) is 11.5. The van der Waals surface area contributed by atoms with E-state index in [0.717, 1.165) is 11.1 Å². The molecule has 8 nitrogen and oxygen atoms in total. The highest BCUT2D eigenvalue weighted by Crippen LogP contribution is 2.29. The van der Waals surface area contributed by atoms with Crippen LogP contribution in [-0.4, -0.2) is 46.0 Å². The van der Waals surface area contributed by atoms with E-state index in [1.54, 1.807) is 23.1 Å². The van der Waals surface area contributed by atoms with Gasteiger partial charge < -0.3 is 14.9 Å².